The van der Waals surface area contributed by atoms with E-state index in [0.29, 0.717) is 18.9 Å². The summed E-state index contributed by atoms with van der Waals surface area (Å²) in [7, 11) is 0. The van der Waals surface area contributed by atoms with Gasteiger partial charge in [-0.15, -0.1) is 0 Å². The molecule has 0 radical (unpaired) electrons. The Hall–Kier alpha value is -2.28. The zero-order chi connectivity index (χ0) is 15.5. The van der Waals surface area contributed by atoms with E-state index in [2.05, 4.69) is 25.5 Å². The molecule has 1 aliphatic heterocycles. The molecule has 2 aromatic rings. The van der Waals surface area contributed by atoms with Gasteiger partial charge in [0.2, 0.25) is 5.91 Å². The van der Waals surface area contributed by atoms with Crippen molar-refractivity contribution in [2.24, 2.45) is 0 Å². The molecule has 0 aliphatic carbocycles. The second-order valence-corrected chi connectivity index (χ2v) is 5.51. The standard InChI is InChI=1S/C15H19N5O2/c1-9-3-5-16-8-11(9)7-13(21)18-12-4-6-22-14(12)15-17-10(2)19-20-15/h3,5,8,12,14H,4,6-7H2,1-2H3,(H,18,21)(H,17,19,20)/t12-,14+/m0/s1. The van der Waals surface area contributed by atoms with Crippen molar-refractivity contribution in [1.82, 2.24) is 25.5 Å². The highest BCUT2D eigenvalue weighted by atomic mass is 16.5. The molecule has 7 nitrogen and oxygen atoms in total. The fourth-order valence-electron chi connectivity index (χ4n) is 2.59. The average molecular weight is 301 g/mol. The van der Waals surface area contributed by atoms with E-state index in [4.69, 9.17) is 4.74 Å². The van der Waals surface area contributed by atoms with E-state index in [0.717, 1.165) is 23.4 Å². The average Bonchev–Trinajstić information content (AvgIpc) is 3.10. The van der Waals surface area contributed by atoms with Gasteiger partial charge in [0.25, 0.3) is 0 Å². The topological polar surface area (TPSA) is 92.8 Å². The third kappa shape index (κ3) is 3.14. The summed E-state index contributed by atoms with van der Waals surface area (Å²) in [4.78, 5) is 20.6. The van der Waals surface area contributed by atoms with Crippen molar-refractivity contribution in [2.75, 3.05) is 6.61 Å². The van der Waals surface area contributed by atoms with E-state index >= 15 is 0 Å². The predicted octanol–water partition coefficient (Wildman–Crippen LogP) is 1.01. The molecular formula is C15H19N5O2. The number of pyridine rings is 1. The minimum Gasteiger partial charge on any atom is -0.368 e. The first kappa shape index (κ1) is 14.6. The summed E-state index contributed by atoms with van der Waals surface area (Å²) in [5.74, 6) is 1.29. The molecule has 3 heterocycles. The number of amides is 1. The summed E-state index contributed by atoms with van der Waals surface area (Å²) < 4.78 is 5.67. The van der Waals surface area contributed by atoms with Gasteiger partial charge in [0, 0.05) is 19.0 Å². The fraction of sp³-hybridized carbons (Fsp3) is 0.467. The molecule has 0 bridgehead atoms. The van der Waals surface area contributed by atoms with Gasteiger partial charge in [-0.1, -0.05) is 0 Å². The van der Waals surface area contributed by atoms with E-state index in [9.17, 15) is 4.79 Å². The second-order valence-electron chi connectivity index (χ2n) is 5.51. The van der Waals surface area contributed by atoms with Gasteiger partial charge in [0.15, 0.2) is 5.82 Å². The molecule has 7 heteroatoms. The van der Waals surface area contributed by atoms with Crippen LogP contribution in [-0.2, 0) is 16.0 Å². The first-order valence-electron chi connectivity index (χ1n) is 7.33. The van der Waals surface area contributed by atoms with Gasteiger partial charge in [-0.2, -0.15) is 5.10 Å². The number of rotatable bonds is 4. The molecule has 0 aromatic carbocycles. The maximum Gasteiger partial charge on any atom is 0.224 e. The summed E-state index contributed by atoms with van der Waals surface area (Å²) in [5, 5.41) is 9.96. The van der Waals surface area contributed by atoms with Crippen LogP contribution in [-0.4, -0.2) is 38.7 Å². The number of carbonyl (C=O) groups excluding carboxylic acids is 1. The Kier molecular flexibility index (Phi) is 4.15. The number of nitrogens with zero attached hydrogens (tertiary/aromatic N) is 3. The Labute approximate surface area is 128 Å². The maximum atomic E-state index is 12.3. The summed E-state index contributed by atoms with van der Waals surface area (Å²) in [5.41, 5.74) is 2.00. The summed E-state index contributed by atoms with van der Waals surface area (Å²) in [6.45, 7) is 4.40. The van der Waals surface area contributed by atoms with Crippen LogP contribution in [0.4, 0.5) is 0 Å². The first-order chi connectivity index (χ1) is 10.6. The zero-order valence-corrected chi connectivity index (χ0v) is 12.7. The zero-order valence-electron chi connectivity index (χ0n) is 12.7. The lowest BCUT2D eigenvalue weighted by atomic mass is 10.1. The fourth-order valence-corrected chi connectivity index (χ4v) is 2.59. The van der Waals surface area contributed by atoms with Crippen LogP contribution in [0.5, 0.6) is 0 Å². The highest BCUT2D eigenvalue weighted by Crippen LogP contribution is 2.26. The lowest BCUT2D eigenvalue weighted by Crippen LogP contribution is -2.38. The molecular weight excluding hydrogens is 282 g/mol. The number of nitrogens with one attached hydrogen (secondary N) is 2. The second kappa shape index (κ2) is 6.23. The Bertz CT molecular complexity index is 669. The lowest BCUT2D eigenvalue weighted by molar-refractivity contribution is -0.121. The molecule has 0 saturated carbocycles. The van der Waals surface area contributed by atoms with Gasteiger partial charge in [0.05, 0.1) is 12.5 Å². The normalized spacial score (nSPS) is 21.0. The highest BCUT2D eigenvalue weighted by molar-refractivity contribution is 5.79. The van der Waals surface area contributed by atoms with E-state index in [1.165, 1.54) is 0 Å². The van der Waals surface area contributed by atoms with Crippen molar-refractivity contribution in [3.63, 3.8) is 0 Å². The smallest absolute Gasteiger partial charge is 0.224 e. The first-order valence-corrected chi connectivity index (χ1v) is 7.33. The van der Waals surface area contributed by atoms with Crippen LogP contribution < -0.4 is 5.32 Å². The molecule has 2 atom stereocenters. The number of hydrogen-bond donors (Lipinski definition) is 2. The molecule has 0 spiro atoms. The van der Waals surface area contributed by atoms with Crippen molar-refractivity contribution < 1.29 is 9.53 Å². The quantitative estimate of drug-likeness (QED) is 0.879. The third-order valence-electron chi connectivity index (χ3n) is 3.81. The van der Waals surface area contributed by atoms with Crippen molar-refractivity contribution in [2.45, 2.75) is 38.8 Å². The van der Waals surface area contributed by atoms with Gasteiger partial charge in [-0.3, -0.25) is 14.9 Å². The number of aromatic amines is 1. The van der Waals surface area contributed by atoms with Crippen molar-refractivity contribution >= 4 is 5.91 Å². The molecule has 2 N–H and O–H groups in total. The van der Waals surface area contributed by atoms with E-state index in [1.807, 2.05) is 19.9 Å². The Morgan fingerprint density at radius 1 is 1.50 bits per heavy atom. The van der Waals surface area contributed by atoms with Crippen LogP contribution in [0.3, 0.4) is 0 Å². The van der Waals surface area contributed by atoms with Crippen LogP contribution in [0.15, 0.2) is 18.5 Å². The minimum absolute atomic E-state index is 0.0381. The predicted molar refractivity (Wildman–Crippen MR) is 79.0 cm³/mol. The van der Waals surface area contributed by atoms with Crippen LogP contribution >= 0.6 is 0 Å². The Morgan fingerprint density at radius 2 is 2.36 bits per heavy atom. The molecule has 1 aliphatic rings. The van der Waals surface area contributed by atoms with Crippen molar-refractivity contribution in [3.8, 4) is 0 Å². The number of aryl methyl sites for hydroxylation is 2. The molecule has 2 aromatic heterocycles. The summed E-state index contributed by atoms with van der Waals surface area (Å²) in [6, 6.07) is 1.81. The Morgan fingerprint density at radius 3 is 3.09 bits per heavy atom. The number of carbonyl (C=O) groups is 1. The van der Waals surface area contributed by atoms with Crippen LogP contribution in [0, 0.1) is 13.8 Å². The SMILES string of the molecule is Cc1nc([C@@H]2OCC[C@@H]2NC(=O)Cc2cnccc2C)n[nH]1. The van der Waals surface area contributed by atoms with Gasteiger partial charge >= 0.3 is 0 Å². The van der Waals surface area contributed by atoms with Crippen LogP contribution in [0.1, 0.15) is 35.3 Å². The molecule has 1 saturated heterocycles. The number of aromatic nitrogens is 4. The van der Waals surface area contributed by atoms with E-state index in [-0.39, 0.29) is 18.1 Å². The van der Waals surface area contributed by atoms with E-state index in [1.54, 1.807) is 12.4 Å². The molecule has 1 amide bonds. The van der Waals surface area contributed by atoms with Crippen molar-refractivity contribution in [1.29, 1.82) is 0 Å². The number of H-pyrrole nitrogens is 1. The third-order valence-corrected chi connectivity index (χ3v) is 3.81. The molecule has 1 fully saturated rings. The monoisotopic (exact) mass is 301 g/mol. The van der Waals surface area contributed by atoms with Gasteiger partial charge in [-0.05, 0) is 37.5 Å². The molecule has 0 unspecified atom stereocenters. The minimum atomic E-state index is -0.288. The van der Waals surface area contributed by atoms with Crippen LogP contribution in [0.25, 0.3) is 0 Å². The molecule has 116 valence electrons. The lowest BCUT2D eigenvalue weighted by Gasteiger charge is -2.17. The van der Waals surface area contributed by atoms with Crippen molar-refractivity contribution in [3.05, 3.63) is 41.2 Å². The van der Waals surface area contributed by atoms with Gasteiger partial charge < -0.3 is 10.1 Å². The van der Waals surface area contributed by atoms with E-state index < -0.39 is 0 Å². The highest BCUT2D eigenvalue weighted by Gasteiger charge is 2.33. The largest absolute Gasteiger partial charge is 0.368 e. The van der Waals surface area contributed by atoms with Gasteiger partial charge in [-0.25, -0.2) is 4.98 Å². The summed E-state index contributed by atoms with van der Waals surface area (Å²) >= 11 is 0. The van der Waals surface area contributed by atoms with Gasteiger partial charge in [0.1, 0.15) is 11.9 Å². The summed E-state index contributed by atoms with van der Waals surface area (Å²) in [6.07, 6.45) is 4.24. The van der Waals surface area contributed by atoms with Crippen LogP contribution in [0.2, 0.25) is 0 Å². The number of hydrogen-bond acceptors (Lipinski definition) is 5. The molecule has 22 heavy (non-hydrogen) atoms. The molecule has 3 rings (SSSR count). The maximum absolute atomic E-state index is 12.3. The number of ether oxygens (including phenoxy) is 1. The Balaban J connectivity index is 1.64.